The van der Waals surface area contributed by atoms with Gasteiger partial charge in [0.05, 0.1) is 12.6 Å². The first kappa shape index (κ1) is 9.88. The number of ether oxygens (including phenoxy) is 1. The molecule has 72 valence electrons. The molecule has 0 bridgehead atoms. The number of hydrogen-bond acceptors (Lipinski definition) is 5. The van der Waals surface area contributed by atoms with Crippen molar-refractivity contribution >= 4 is 0 Å². The molecule has 1 aliphatic heterocycles. The Balaban J connectivity index is 2.58. The topological polar surface area (TPSA) is 71.0 Å². The summed E-state index contributed by atoms with van der Waals surface area (Å²) in [6, 6.07) is -0.183. The summed E-state index contributed by atoms with van der Waals surface area (Å²) in [4.78, 5) is 5.03. The Hall–Kier alpha value is -0.200. The maximum Gasteiger partial charge on any atom is 0.131 e. The average Bonchev–Trinajstić information content (AvgIpc) is 2.09. The average molecular weight is 177 g/mol. The zero-order valence-corrected chi connectivity index (χ0v) is 7.23. The van der Waals surface area contributed by atoms with Gasteiger partial charge in [-0.3, -0.25) is 4.84 Å². The van der Waals surface area contributed by atoms with Crippen LogP contribution in [0.4, 0.5) is 0 Å². The molecule has 4 unspecified atom stereocenters. The summed E-state index contributed by atoms with van der Waals surface area (Å²) < 4.78 is 5.00. The molecule has 0 amide bonds. The van der Waals surface area contributed by atoms with Crippen LogP contribution in [-0.2, 0) is 9.57 Å². The van der Waals surface area contributed by atoms with E-state index in [1.807, 2.05) is 0 Å². The quantitative estimate of drug-likeness (QED) is 0.486. The minimum Gasteiger partial charge on any atom is -0.393 e. The summed E-state index contributed by atoms with van der Waals surface area (Å²) in [5.41, 5.74) is 2.61. The fourth-order valence-corrected chi connectivity index (χ4v) is 1.27. The molecule has 1 aliphatic rings. The highest BCUT2D eigenvalue weighted by Crippen LogP contribution is 2.15. The molecule has 1 heterocycles. The fourth-order valence-electron chi connectivity index (χ4n) is 1.27. The molecule has 0 aromatic rings. The van der Waals surface area contributed by atoms with Crippen molar-refractivity contribution in [1.29, 1.82) is 0 Å². The Bertz CT molecular complexity index is 141. The predicted octanol–water partition coefficient (Wildman–Crippen LogP) is -1.35. The summed E-state index contributed by atoms with van der Waals surface area (Å²) in [5, 5.41) is 18.4. The van der Waals surface area contributed by atoms with Crippen molar-refractivity contribution in [3.05, 3.63) is 0 Å². The van der Waals surface area contributed by atoms with E-state index in [1.165, 1.54) is 7.11 Å². The van der Waals surface area contributed by atoms with Gasteiger partial charge >= 0.3 is 0 Å². The van der Waals surface area contributed by atoms with E-state index in [0.717, 1.165) is 0 Å². The number of methoxy groups -OCH3 is 1. The molecule has 4 atom stereocenters. The molecule has 12 heavy (non-hydrogen) atoms. The van der Waals surface area contributed by atoms with Crippen molar-refractivity contribution in [3.8, 4) is 0 Å². The van der Waals surface area contributed by atoms with Gasteiger partial charge in [-0.15, -0.1) is 0 Å². The van der Waals surface area contributed by atoms with Crippen LogP contribution in [0.2, 0.25) is 0 Å². The van der Waals surface area contributed by atoms with E-state index in [4.69, 9.17) is 14.7 Å². The molecular formula is C7H15NO4. The Morgan fingerprint density at radius 1 is 1.58 bits per heavy atom. The molecule has 5 nitrogen and oxygen atoms in total. The van der Waals surface area contributed by atoms with Gasteiger partial charge in [-0.25, -0.2) is 0 Å². The van der Waals surface area contributed by atoms with Crippen LogP contribution in [0, 0.1) is 0 Å². The minimum atomic E-state index is -0.652. The van der Waals surface area contributed by atoms with Gasteiger partial charge in [0.2, 0.25) is 0 Å². The lowest BCUT2D eigenvalue weighted by Crippen LogP contribution is -2.58. The van der Waals surface area contributed by atoms with E-state index < -0.39 is 18.3 Å². The second-order valence-electron chi connectivity index (χ2n) is 2.94. The van der Waals surface area contributed by atoms with E-state index in [2.05, 4.69) is 5.48 Å². The largest absolute Gasteiger partial charge is 0.393 e. The SMILES string of the molecule is COC1C(CO)ONC(C)C1O. The maximum atomic E-state index is 9.56. The molecule has 1 rings (SSSR count). The monoisotopic (exact) mass is 177 g/mol. The Morgan fingerprint density at radius 2 is 2.25 bits per heavy atom. The maximum absolute atomic E-state index is 9.56. The van der Waals surface area contributed by atoms with Crippen LogP contribution >= 0.6 is 0 Å². The van der Waals surface area contributed by atoms with Crippen molar-refractivity contribution in [2.75, 3.05) is 13.7 Å². The zero-order valence-electron chi connectivity index (χ0n) is 7.23. The molecule has 1 saturated heterocycles. The summed E-state index contributed by atoms with van der Waals surface area (Å²) in [7, 11) is 1.48. The van der Waals surface area contributed by atoms with Gasteiger partial charge in [-0.2, -0.15) is 5.48 Å². The first-order valence-electron chi connectivity index (χ1n) is 3.93. The Morgan fingerprint density at radius 3 is 2.75 bits per heavy atom. The van der Waals surface area contributed by atoms with Crippen molar-refractivity contribution in [1.82, 2.24) is 5.48 Å². The summed E-state index contributed by atoms with van der Waals surface area (Å²) in [6.07, 6.45) is -1.62. The standard InChI is InChI=1S/C7H15NO4/c1-4-6(10)7(11-2)5(3-9)12-8-4/h4-10H,3H2,1-2H3. The third-order valence-corrected chi connectivity index (χ3v) is 2.07. The summed E-state index contributed by atoms with van der Waals surface area (Å²) >= 11 is 0. The highest BCUT2D eigenvalue weighted by molar-refractivity contribution is 4.86. The van der Waals surface area contributed by atoms with Gasteiger partial charge in [-0.1, -0.05) is 0 Å². The van der Waals surface area contributed by atoms with Gasteiger partial charge in [0.1, 0.15) is 18.3 Å². The lowest BCUT2D eigenvalue weighted by Gasteiger charge is -2.37. The van der Waals surface area contributed by atoms with E-state index >= 15 is 0 Å². The van der Waals surface area contributed by atoms with Crippen LogP contribution in [0.5, 0.6) is 0 Å². The number of aliphatic hydroxyl groups excluding tert-OH is 2. The molecule has 1 fully saturated rings. The number of nitrogens with one attached hydrogen (secondary N) is 1. The van der Waals surface area contributed by atoms with Gasteiger partial charge in [0.25, 0.3) is 0 Å². The van der Waals surface area contributed by atoms with Crippen molar-refractivity contribution in [3.63, 3.8) is 0 Å². The summed E-state index contributed by atoms with van der Waals surface area (Å²) in [5.74, 6) is 0. The van der Waals surface area contributed by atoms with Crippen LogP contribution in [0.3, 0.4) is 0 Å². The number of hydrogen-bond donors (Lipinski definition) is 3. The second kappa shape index (κ2) is 4.15. The van der Waals surface area contributed by atoms with E-state index in [-0.39, 0.29) is 12.6 Å². The molecule has 0 aromatic carbocycles. The summed E-state index contributed by atoms with van der Waals surface area (Å²) in [6.45, 7) is 1.61. The molecule has 5 heteroatoms. The third-order valence-electron chi connectivity index (χ3n) is 2.07. The number of hydroxylamine groups is 1. The highest BCUT2D eigenvalue weighted by atomic mass is 16.7. The molecule has 0 saturated carbocycles. The molecule has 0 spiro atoms. The number of aliphatic hydroxyl groups is 2. The molecular weight excluding hydrogens is 162 g/mol. The van der Waals surface area contributed by atoms with E-state index in [9.17, 15) is 5.11 Å². The zero-order chi connectivity index (χ0) is 9.14. The normalized spacial score (nSPS) is 43.0. The van der Waals surface area contributed by atoms with E-state index in [0.29, 0.717) is 0 Å². The first-order chi connectivity index (χ1) is 5.70. The van der Waals surface area contributed by atoms with E-state index in [1.54, 1.807) is 6.92 Å². The van der Waals surface area contributed by atoms with Crippen LogP contribution in [-0.4, -0.2) is 48.3 Å². The molecule has 0 aliphatic carbocycles. The van der Waals surface area contributed by atoms with Crippen LogP contribution in [0.15, 0.2) is 0 Å². The van der Waals surface area contributed by atoms with Crippen LogP contribution < -0.4 is 5.48 Å². The Kier molecular flexibility index (Phi) is 3.42. The van der Waals surface area contributed by atoms with Crippen molar-refractivity contribution < 1.29 is 19.8 Å². The van der Waals surface area contributed by atoms with Gasteiger partial charge < -0.3 is 14.9 Å². The smallest absolute Gasteiger partial charge is 0.131 e. The number of rotatable bonds is 2. The molecule has 3 N–H and O–H groups in total. The first-order valence-corrected chi connectivity index (χ1v) is 3.93. The lowest BCUT2D eigenvalue weighted by molar-refractivity contribution is -0.207. The van der Waals surface area contributed by atoms with Crippen molar-refractivity contribution in [2.24, 2.45) is 0 Å². The van der Waals surface area contributed by atoms with Crippen molar-refractivity contribution in [2.45, 2.75) is 31.3 Å². The van der Waals surface area contributed by atoms with Gasteiger partial charge in [0, 0.05) is 7.11 Å². The lowest BCUT2D eigenvalue weighted by atomic mass is 10.0. The van der Waals surface area contributed by atoms with Crippen LogP contribution in [0.1, 0.15) is 6.92 Å². The fraction of sp³-hybridized carbons (Fsp3) is 1.00. The molecule has 0 radical (unpaired) electrons. The Labute approximate surface area is 71.2 Å². The second-order valence-corrected chi connectivity index (χ2v) is 2.94. The van der Waals surface area contributed by atoms with Gasteiger partial charge in [-0.05, 0) is 6.92 Å². The predicted molar refractivity (Wildman–Crippen MR) is 41.4 cm³/mol. The minimum absolute atomic E-state index is 0.171. The highest BCUT2D eigenvalue weighted by Gasteiger charge is 2.37. The third kappa shape index (κ3) is 1.75. The van der Waals surface area contributed by atoms with Crippen LogP contribution in [0.25, 0.3) is 0 Å². The van der Waals surface area contributed by atoms with Gasteiger partial charge in [0.15, 0.2) is 0 Å². The molecule has 0 aromatic heterocycles.